The molecule has 0 aliphatic heterocycles. The van der Waals surface area contributed by atoms with Crippen molar-refractivity contribution in [3.05, 3.63) is 29.8 Å². The third kappa shape index (κ3) is 4.81. The van der Waals surface area contributed by atoms with Crippen LogP contribution >= 0.6 is 0 Å². The highest BCUT2D eigenvalue weighted by Gasteiger charge is 2.26. The van der Waals surface area contributed by atoms with Crippen molar-refractivity contribution in [3.8, 4) is 0 Å². The number of benzene rings is 1. The van der Waals surface area contributed by atoms with Crippen LogP contribution in [0.4, 0.5) is 0 Å². The van der Waals surface area contributed by atoms with Crippen molar-refractivity contribution in [3.63, 3.8) is 0 Å². The molecule has 0 aliphatic rings. The summed E-state index contributed by atoms with van der Waals surface area (Å²) in [5.74, 6) is -0.106. The van der Waals surface area contributed by atoms with Gasteiger partial charge in [0, 0.05) is 13.1 Å². The second-order valence-electron chi connectivity index (χ2n) is 6.13. The Labute approximate surface area is 133 Å². The average molecular weight is 327 g/mol. The van der Waals surface area contributed by atoms with Gasteiger partial charge in [0.1, 0.15) is 0 Å². The molecule has 124 valence electrons. The van der Waals surface area contributed by atoms with Gasteiger partial charge >= 0.3 is 5.97 Å². The molecule has 0 fully saturated rings. The molecule has 5 nitrogen and oxygen atoms in total. The SMILES string of the molecule is COC(=O)c1cccc(S(=O)(=O)N(CC(C)C)CC(C)C)c1. The summed E-state index contributed by atoms with van der Waals surface area (Å²) >= 11 is 0. The van der Waals surface area contributed by atoms with E-state index in [1.165, 1.54) is 23.5 Å². The molecule has 6 heteroatoms. The molecule has 0 aromatic heterocycles. The van der Waals surface area contributed by atoms with Crippen molar-refractivity contribution in [1.29, 1.82) is 0 Å². The second-order valence-corrected chi connectivity index (χ2v) is 8.07. The summed E-state index contributed by atoms with van der Waals surface area (Å²) in [4.78, 5) is 11.7. The van der Waals surface area contributed by atoms with Gasteiger partial charge < -0.3 is 4.74 Å². The number of ether oxygens (including phenoxy) is 1. The molecule has 0 saturated heterocycles. The molecule has 1 aromatic rings. The smallest absolute Gasteiger partial charge is 0.337 e. The van der Waals surface area contributed by atoms with Crippen LogP contribution in [0, 0.1) is 11.8 Å². The first-order valence-electron chi connectivity index (χ1n) is 7.37. The third-order valence-corrected chi connectivity index (χ3v) is 4.86. The van der Waals surface area contributed by atoms with Gasteiger partial charge in [0.2, 0.25) is 10.0 Å². The molecule has 0 radical (unpaired) electrons. The summed E-state index contributed by atoms with van der Waals surface area (Å²) in [7, 11) is -2.36. The molecular formula is C16H25NO4S. The zero-order valence-corrected chi connectivity index (χ0v) is 14.7. The zero-order valence-electron chi connectivity index (χ0n) is 13.9. The maximum atomic E-state index is 12.8. The Morgan fingerprint density at radius 3 is 2.14 bits per heavy atom. The van der Waals surface area contributed by atoms with E-state index < -0.39 is 16.0 Å². The van der Waals surface area contributed by atoms with Crippen LogP contribution < -0.4 is 0 Å². The number of carbonyl (C=O) groups is 1. The van der Waals surface area contributed by atoms with E-state index in [1.54, 1.807) is 12.1 Å². The number of nitrogens with zero attached hydrogens (tertiary/aromatic N) is 1. The summed E-state index contributed by atoms with van der Waals surface area (Å²) in [6.07, 6.45) is 0. The van der Waals surface area contributed by atoms with Gasteiger partial charge in [-0.05, 0) is 30.0 Å². The van der Waals surface area contributed by atoms with E-state index in [9.17, 15) is 13.2 Å². The van der Waals surface area contributed by atoms with E-state index in [-0.39, 0.29) is 22.3 Å². The quantitative estimate of drug-likeness (QED) is 0.722. The van der Waals surface area contributed by atoms with E-state index in [1.807, 2.05) is 27.7 Å². The van der Waals surface area contributed by atoms with Crippen molar-refractivity contribution in [2.24, 2.45) is 11.8 Å². The number of carbonyl (C=O) groups excluding carboxylic acids is 1. The zero-order chi connectivity index (χ0) is 16.9. The summed E-state index contributed by atoms with van der Waals surface area (Å²) in [6.45, 7) is 8.81. The second kappa shape index (κ2) is 7.74. The highest BCUT2D eigenvalue weighted by molar-refractivity contribution is 7.89. The summed E-state index contributed by atoms with van der Waals surface area (Å²) < 4.78 is 31.8. The Morgan fingerprint density at radius 1 is 1.14 bits per heavy atom. The highest BCUT2D eigenvalue weighted by Crippen LogP contribution is 2.20. The van der Waals surface area contributed by atoms with Crippen LogP contribution in [-0.2, 0) is 14.8 Å². The Bertz CT molecular complexity index is 598. The van der Waals surface area contributed by atoms with E-state index in [2.05, 4.69) is 4.74 Å². The first-order chi connectivity index (χ1) is 10.2. The summed E-state index contributed by atoms with van der Waals surface area (Å²) in [6, 6.07) is 5.98. The molecule has 0 heterocycles. The minimum absolute atomic E-state index is 0.122. The first-order valence-corrected chi connectivity index (χ1v) is 8.81. The lowest BCUT2D eigenvalue weighted by molar-refractivity contribution is 0.0600. The largest absolute Gasteiger partial charge is 0.465 e. The van der Waals surface area contributed by atoms with Gasteiger partial charge in [0.25, 0.3) is 0 Å². The van der Waals surface area contributed by atoms with Gasteiger partial charge in [-0.2, -0.15) is 4.31 Å². The molecule has 0 N–H and O–H groups in total. The Balaban J connectivity index is 3.21. The number of hydrogen-bond donors (Lipinski definition) is 0. The standard InChI is InChI=1S/C16H25NO4S/c1-12(2)10-17(11-13(3)4)22(19,20)15-8-6-7-14(9-15)16(18)21-5/h6-9,12-13H,10-11H2,1-5H3. The maximum absolute atomic E-state index is 12.8. The molecular weight excluding hydrogens is 302 g/mol. The molecule has 1 rings (SSSR count). The molecule has 0 atom stereocenters. The van der Waals surface area contributed by atoms with Gasteiger partial charge in [0.05, 0.1) is 17.6 Å². The van der Waals surface area contributed by atoms with E-state index in [0.717, 1.165) is 0 Å². The third-order valence-electron chi connectivity index (χ3n) is 3.03. The molecule has 0 saturated carbocycles. The average Bonchev–Trinajstić information content (AvgIpc) is 2.44. The molecule has 0 aliphatic carbocycles. The molecule has 0 bridgehead atoms. The van der Waals surface area contributed by atoms with Crippen molar-refractivity contribution >= 4 is 16.0 Å². The Kier molecular flexibility index (Phi) is 6.56. The van der Waals surface area contributed by atoms with Crippen molar-refractivity contribution in [1.82, 2.24) is 4.31 Å². The van der Waals surface area contributed by atoms with Crippen LogP contribution in [0.25, 0.3) is 0 Å². The molecule has 22 heavy (non-hydrogen) atoms. The topological polar surface area (TPSA) is 63.7 Å². The van der Waals surface area contributed by atoms with E-state index in [0.29, 0.717) is 13.1 Å². The van der Waals surface area contributed by atoms with E-state index >= 15 is 0 Å². The Morgan fingerprint density at radius 2 is 1.68 bits per heavy atom. The number of rotatable bonds is 7. The van der Waals surface area contributed by atoms with Gasteiger partial charge in [0.15, 0.2) is 0 Å². The van der Waals surface area contributed by atoms with Gasteiger partial charge in [-0.1, -0.05) is 33.8 Å². The lowest BCUT2D eigenvalue weighted by atomic mass is 10.2. The highest BCUT2D eigenvalue weighted by atomic mass is 32.2. The lowest BCUT2D eigenvalue weighted by Gasteiger charge is -2.25. The first kappa shape index (κ1) is 18.6. The van der Waals surface area contributed by atoms with Crippen LogP contribution in [0.5, 0.6) is 0 Å². The minimum atomic E-state index is -3.63. The molecule has 0 amide bonds. The molecule has 0 unspecified atom stereocenters. The predicted molar refractivity (Wildman–Crippen MR) is 86.2 cm³/mol. The number of hydrogen-bond acceptors (Lipinski definition) is 4. The maximum Gasteiger partial charge on any atom is 0.337 e. The lowest BCUT2D eigenvalue weighted by Crippen LogP contribution is -2.37. The fraction of sp³-hybridized carbons (Fsp3) is 0.562. The van der Waals surface area contributed by atoms with Crippen molar-refractivity contribution in [2.75, 3.05) is 20.2 Å². The van der Waals surface area contributed by atoms with Crippen LogP contribution in [0.2, 0.25) is 0 Å². The fourth-order valence-corrected chi connectivity index (χ4v) is 3.95. The molecule has 1 aromatic carbocycles. The number of methoxy groups -OCH3 is 1. The normalized spacial score (nSPS) is 12.2. The fourth-order valence-electron chi connectivity index (χ4n) is 2.14. The monoisotopic (exact) mass is 327 g/mol. The van der Waals surface area contributed by atoms with Crippen LogP contribution in [0.1, 0.15) is 38.1 Å². The van der Waals surface area contributed by atoms with Crippen LogP contribution in [0.3, 0.4) is 0 Å². The summed E-state index contributed by atoms with van der Waals surface area (Å²) in [5, 5.41) is 0. The van der Waals surface area contributed by atoms with Gasteiger partial charge in [-0.3, -0.25) is 0 Å². The molecule has 0 spiro atoms. The Hall–Kier alpha value is -1.40. The minimum Gasteiger partial charge on any atom is -0.465 e. The van der Waals surface area contributed by atoms with Crippen LogP contribution in [-0.4, -0.2) is 38.9 Å². The predicted octanol–water partition coefficient (Wildman–Crippen LogP) is 2.78. The van der Waals surface area contributed by atoms with Crippen molar-refractivity contribution in [2.45, 2.75) is 32.6 Å². The number of sulfonamides is 1. The number of esters is 1. The van der Waals surface area contributed by atoms with Gasteiger partial charge in [-0.25, -0.2) is 13.2 Å². The summed E-state index contributed by atoms with van der Waals surface area (Å²) in [5.41, 5.74) is 0.234. The van der Waals surface area contributed by atoms with Crippen molar-refractivity contribution < 1.29 is 17.9 Å². The van der Waals surface area contributed by atoms with Crippen LogP contribution in [0.15, 0.2) is 29.2 Å². The van der Waals surface area contributed by atoms with E-state index in [4.69, 9.17) is 0 Å². The van der Waals surface area contributed by atoms with Gasteiger partial charge in [-0.15, -0.1) is 0 Å².